The summed E-state index contributed by atoms with van der Waals surface area (Å²) in [5.74, 6) is -0.152. The summed E-state index contributed by atoms with van der Waals surface area (Å²) in [6.07, 6.45) is 1.77. The molecule has 2 aromatic carbocycles. The molecule has 128 valence electrons. The van der Waals surface area contributed by atoms with Crippen molar-refractivity contribution in [1.29, 1.82) is 5.41 Å². The van der Waals surface area contributed by atoms with Crippen LogP contribution in [0, 0.1) is 5.41 Å². The molecule has 0 spiro atoms. The Morgan fingerprint density at radius 1 is 1.08 bits per heavy atom. The molecule has 4 nitrogen and oxygen atoms in total. The molecule has 0 amide bonds. The molecule has 7 heteroatoms. The number of carbonyl (C=O) groups is 1. The van der Waals surface area contributed by atoms with Gasteiger partial charge in [0, 0.05) is 29.4 Å². The van der Waals surface area contributed by atoms with Gasteiger partial charge in [0.05, 0.1) is 22.3 Å². The van der Waals surface area contributed by atoms with Gasteiger partial charge in [-0.2, -0.15) is 0 Å². The second-order valence-corrected chi connectivity index (χ2v) is 6.84. The molecule has 0 aliphatic rings. The third-order valence-corrected chi connectivity index (χ3v) is 4.88. The molecule has 0 bridgehead atoms. The number of Topliss-reactive ketones (excluding diaryl/α,β-unsaturated/α-hetero) is 1. The summed E-state index contributed by atoms with van der Waals surface area (Å²) in [7, 11) is 1.78. The summed E-state index contributed by atoms with van der Waals surface area (Å²) in [5.41, 5.74) is 2.34. The first-order valence-electron chi connectivity index (χ1n) is 7.42. The van der Waals surface area contributed by atoms with E-state index in [4.69, 9.17) is 40.2 Å². The van der Waals surface area contributed by atoms with Crippen molar-refractivity contribution < 1.29 is 4.79 Å². The van der Waals surface area contributed by atoms with Crippen molar-refractivity contribution in [2.45, 2.75) is 6.54 Å². The summed E-state index contributed by atoms with van der Waals surface area (Å²) >= 11 is 17.9. The molecule has 0 radical (unpaired) electrons. The van der Waals surface area contributed by atoms with Crippen LogP contribution >= 0.6 is 34.8 Å². The maximum atomic E-state index is 12.5. The van der Waals surface area contributed by atoms with Crippen LogP contribution in [-0.2, 0) is 13.6 Å². The molecule has 25 heavy (non-hydrogen) atoms. The van der Waals surface area contributed by atoms with Crippen molar-refractivity contribution in [3.8, 4) is 11.3 Å². The third-order valence-electron chi connectivity index (χ3n) is 3.91. The lowest BCUT2D eigenvalue weighted by Gasteiger charge is -2.04. The molecule has 0 fully saturated rings. The van der Waals surface area contributed by atoms with E-state index in [0.717, 1.165) is 11.3 Å². The second-order valence-electron chi connectivity index (χ2n) is 5.59. The predicted octanol–water partition coefficient (Wildman–Crippen LogP) is 4.82. The van der Waals surface area contributed by atoms with E-state index in [2.05, 4.69) is 0 Å². The Morgan fingerprint density at radius 3 is 2.52 bits per heavy atom. The van der Waals surface area contributed by atoms with Gasteiger partial charge in [-0.3, -0.25) is 10.2 Å². The minimum atomic E-state index is -0.152. The molecule has 1 heterocycles. The van der Waals surface area contributed by atoms with E-state index in [-0.39, 0.29) is 17.9 Å². The number of aromatic nitrogens is 2. The standard InChI is InChI=1S/C18H14Cl3N3O/c1-23-16(11-3-2-4-13(19)7-11)9-24(18(23)22)10-17(25)12-5-6-14(20)15(21)8-12/h2-9,22H,10H2,1H3. The highest BCUT2D eigenvalue weighted by molar-refractivity contribution is 6.42. The maximum absolute atomic E-state index is 12.5. The van der Waals surface area contributed by atoms with Gasteiger partial charge < -0.3 is 9.13 Å². The Bertz CT molecular complexity index is 1020. The van der Waals surface area contributed by atoms with Crippen LogP contribution in [0.25, 0.3) is 11.3 Å². The minimum absolute atomic E-state index is 0.0329. The number of nitrogens with zero attached hydrogens (tertiary/aromatic N) is 2. The zero-order chi connectivity index (χ0) is 18.1. The number of nitrogens with one attached hydrogen (secondary N) is 1. The summed E-state index contributed by atoms with van der Waals surface area (Å²) in [4.78, 5) is 12.5. The number of rotatable bonds is 4. The third kappa shape index (κ3) is 3.66. The first kappa shape index (κ1) is 17.8. The van der Waals surface area contributed by atoms with E-state index < -0.39 is 0 Å². The van der Waals surface area contributed by atoms with Crippen LogP contribution in [0.3, 0.4) is 0 Å². The summed E-state index contributed by atoms with van der Waals surface area (Å²) < 4.78 is 3.29. The van der Waals surface area contributed by atoms with Crippen LogP contribution in [0.5, 0.6) is 0 Å². The zero-order valence-corrected chi connectivity index (χ0v) is 15.5. The molecule has 0 saturated carbocycles. The van der Waals surface area contributed by atoms with Gasteiger partial charge in [0.2, 0.25) is 5.62 Å². The van der Waals surface area contributed by atoms with E-state index in [1.54, 1.807) is 40.6 Å². The number of benzene rings is 2. The van der Waals surface area contributed by atoms with Crippen LogP contribution in [0.1, 0.15) is 10.4 Å². The number of ketones is 1. The van der Waals surface area contributed by atoms with E-state index >= 15 is 0 Å². The number of carbonyl (C=O) groups excluding carboxylic acids is 1. The molecule has 3 rings (SSSR count). The monoisotopic (exact) mass is 393 g/mol. The van der Waals surface area contributed by atoms with Gasteiger partial charge in [-0.15, -0.1) is 0 Å². The zero-order valence-electron chi connectivity index (χ0n) is 13.3. The van der Waals surface area contributed by atoms with Crippen molar-refractivity contribution in [3.05, 3.63) is 74.9 Å². The van der Waals surface area contributed by atoms with Gasteiger partial charge in [-0.05, 0) is 30.3 Å². The first-order valence-corrected chi connectivity index (χ1v) is 8.55. The van der Waals surface area contributed by atoms with Gasteiger partial charge in [0.25, 0.3) is 0 Å². The topological polar surface area (TPSA) is 50.8 Å². The fourth-order valence-corrected chi connectivity index (χ4v) is 3.04. The highest BCUT2D eigenvalue weighted by atomic mass is 35.5. The lowest BCUT2D eigenvalue weighted by molar-refractivity contribution is 0.0970. The average Bonchev–Trinajstić information content (AvgIpc) is 2.86. The molecule has 0 aliphatic carbocycles. The molecule has 0 atom stereocenters. The lowest BCUT2D eigenvalue weighted by Crippen LogP contribution is -2.25. The molecule has 1 N–H and O–H groups in total. The minimum Gasteiger partial charge on any atom is -0.314 e. The predicted molar refractivity (Wildman–Crippen MR) is 100 cm³/mol. The first-order chi connectivity index (χ1) is 11.9. The SMILES string of the molecule is Cn1c(-c2cccc(Cl)c2)cn(CC(=O)c2ccc(Cl)c(Cl)c2)c1=N. The number of hydrogen-bond acceptors (Lipinski definition) is 2. The van der Waals surface area contributed by atoms with Crippen molar-refractivity contribution in [2.24, 2.45) is 7.05 Å². The number of halogens is 3. The van der Waals surface area contributed by atoms with E-state index in [9.17, 15) is 4.79 Å². The van der Waals surface area contributed by atoms with Gasteiger partial charge in [0.15, 0.2) is 5.78 Å². The normalized spacial score (nSPS) is 10.9. The van der Waals surface area contributed by atoms with E-state index in [1.165, 1.54) is 6.07 Å². The Labute approximate surface area is 159 Å². The smallest absolute Gasteiger partial charge is 0.202 e. The quantitative estimate of drug-likeness (QED) is 0.634. The van der Waals surface area contributed by atoms with Crippen LogP contribution in [-0.4, -0.2) is 14.9 Å². The van der Waals surface area contributed by atoms with Crippen LogP contribution < -0.4 is 5.62 Å². The summed E-state index contributed by atoms with van der Waals surface area (Å²) in [5, 5.41) is 9.59. The van der Waals surface area contributed by atoms with Crippen molar-refractivity contribution >= 4 is 40.6 Å². The molecule has 0 unspecified atom stereocenters. The molecule has 3 aromatic rings. The Morgan fingerprint density at radius 2 is 1.84 bits per heavy atom. The van der Waals surface area contributed by atoms with Gasteiger partial charge in [-0.25, -0.2) is 0 Å². The Kier molecular flexibility index (Phi) is 5.04. The fourth-order valence-electron chi connectivity index (χ4n) is 2.55. The van der Waals surface area contributed by atoms with E-state index in [0.29, 0.717) is 20.6 Å². The summed E-state index contributed by atoms with van der Waals surface area (Å²) in [6, 6.07) is 12.1. The van der Waals surface area contributed by atoms with Crippen LogP contribution in [0.15, 0.2) is 48.7 Å². The van der Waals surface area contributed by atoms with Crippen molar-refractivity contribution in [3.63, 3.8) is 0 Å². The molecule has 0 saturated heterocycles. The highest BCUT2D eigenvalue weighted by Gasteiger charge is 2.13. The van der Waals surface area contributed by atoms with Crippen LogP contribution in [0.4, 0.5) is 0 Å². The lowest BCUT2D eigenvalue weighted by atomic mass is 10.1. The molecule has 0 aliphatic heterocycles. The van der Waals surface area contributed by atoms with Crippen LogP contribution in [0.2, 0.25) is 15.1 Å². The van der Waals surface area contributed by atoms with Crippen molar-refractivity contribution in [1.82, 2.24) is 9.13 Å². The Balaban J connectivity index is 1.93. The van der Waals surface area contributed by atoms with Crippen molar-refractivity contribution in [2.75, 3.05) is 0 Å². The maximum Gasteiger partial charge on any atom is 0.202 e. The van der Waals surface area contributed by atoms with Gasteiger partial charge in [0.1, 0.15) is 0 Å². The van der Waals surface area contributed by atoms with Gasteiger partial charge in [-0.1, -0.05) is 46.9 Å². The number of hydrogen-bond donors (Lipinski definition) is 1. The summed E-state index contributed by atoms with van der Waals surface area (Å²) in [6.45, 7) is 0.0329. The fraction of sp³-hybridized carbons (Fsp3) is 0.111. The van der Waals surface area contributed by atoms with Gasteiger partial charge >= 0.3 is 0 Å². The Hall–Kier alpha value is -2.01. The largest absolute Gasteiger partial charge is 0.314 e. The molecular weight excluding hydrogens is 381 g/mol. The average molecular weight is 395 g/mol. The second kappa shape index (κ2) is 7.08. The molecule has 1 aromatic heterocycles. The highest BCUT2D eigenvalue weighted by Crippen LogP contribution is 2.24. The van der Waals surface area contributed by atoms with E-state index in [1.807, 2.05) is 18.2 Å². The number of imidazole rings is 1. The molecular formula is C18H14Cl3N3O.